The number of urea groups is 1. The first-order chi connectivity index (χ1) is 9.85. The summed E-state index contributed by atoms with van der Waals surface area (Å²) in [6.45, 7) is 0.436. The van der Waals surface area contributed by atoms with Crippen LogP contribution in [0.3, 0.4) is 0 Å². The number of benzene rings is 1. The summed E-state index contributed by atoms with van der Waals surface area (Å²) in [5.41, 5.74) is 2.08. The molecule has 21 heavy (non-hydrogen) atoms. The number of fused-ring (bicyclic) bond motifs is 1. The van der Waals surface area contributed by atoms with Gasteiger partial charge in [0.2, 0.25) is 0 Å². The number of ketones is 1. The molecule has 1 saturated heterocycles. The highest BCUT2D eigenvalue weighted by molar-refractivity contribution is 7.91. The monoisotopic (exact) mass is 308 g/mol. The number of carbonyl (C=O) groups is 2. The van der Waals surface area contributed by atoms with Gasteiger partial charge in [-0.15, -0.1) is 0 Å². The molecular weight excluding hydrogens is 292 g/mol. The number of amides is 2. The predicted molar refractivity (Wildman–Crippen MR) is 78.0 cm³/mol. The maximum atomic E-state index is 12.4. The van der Waals surface area contributed by atoms with Crippen molar-refractivity contribution in [1.29, 1.82) is 0 Å². The summed E-state index contributed by atoms with van der Waals surface area (Å²) in [5, 5.41) is 2.74. The van der Waals surface area contributed by atoms with E-state index in [-0.39, 0.29) is 23.3 Å². The van der Waals surface area contributed by atoms with Crippen molar-refractivity contribution >= 4 is 27.3 Å². The van der Waals surface area contributed by atoms with Crippen molar-refractivity contribution < 1.29 is 18.0 Å². The van der Waals surface area contributed by atoms with Crippen molar-refractivity contribution in [1.82, 2.24) is 4.90 Å². The summed E-state index contributed by atoms with van der Waals surface area (Å²) in [6, 6.07) is 4.93. The fraction of sp³-hybridized carbons (Fsp3) is 0.429. The minimum Gasteiger partial charge on any atom is -0.323 e. The lowest BCUT2D eigenvalue weighted by atomic mass is 9.95. The van der Waals surface area contributed by atoms with Crippen LogP contribution in [0, 0.1) is 5.92 Å². The number of Topliss-reactive ketones (excluding diaryl/α,β-unsaturated/α-hetero) is 1. The standard InChI is InChI=1S/C14H16N2O4S/c1-16-7-11-6-9(2-3-12(11)15-14(16)18)13(17)10-4-5-21(19,20)8-10/h2-3,6,10H,4-5,7-8H2,1H3,(H,15,18). The largest absolute Gasteiger partial charge is 0.323 e. The fourth-order valence-electron chi connectivity index (χ4n) is 2.78. The molecule has 112 valence electrons. The van der Waals surface area contributed by atoms with Crippen LogP contribution in [0.15, 0.2) is 18.2 Å². The molecule has 6 nitrogen and oxygen atoms in total. The van der Waals surface area contributed by atoms with E-state index in [1.165, 1.54) is 4.90 Å². The van der Waals surface area contributed by atoms with Crippen LogP contribution in [0.4, 0.5) is 10.5 Å². The van der Waals surface area contributed by atoms with Crippen LogP contribution < -0.4 is 5.32 Å². The van der Waals surface area contributed by atoms with Gasteiger partial charge in [-0.2, -0.15) is 0 Å². The molecule has 2 aliphatic heterocycles. The van der Waals surface area contributed by atoms with Crippen molar-refractivity contribution in [3.8, 4) is 0 Å². The van der Waals surface area contributed by atoms with E-state index in [2.05, 4.69) is 5.32 Å². The Labute approximate surface area is 123 Å². The van der Waals surface area contributed by atoms with Crippen molar-refractivity contribution in [3.05, 3.63) is 29.3 Å². The quantitative estimate of drug-likeness (QED) is 0.834. The van der Waals surface area contributed by atoms with E-state index in [4.69, 9.17) is 0 Å². The molecule has 2 amide bonds. The molecule has 0 aromatic heterocycles. The van der Waals surface area contributed by atoms with E-state index < -0.39 is 15.8 Å². The third kappa shape index (κ3) is 2.65. The molecule has 3 rings (SSSR count). The summed E-state index contributed by atoms with van der Waals surface area (Å²) in [5.74, 6) is -0.533. The van der Waals surface area contributed by atoms with Gasteiger partial charge in [-0.1, -0.05) is 0 Å². The minimum atomic E-state index is -3.07. The van der Waals surface area contributed by atoms with E-state index in [1.54, 1.807) is 25.2 Å². The Bertz CT molecular complexity index is 726. The van der Waals surface area contributed by atoms with Crippen LogP contribution in [-0.4, -0.2) is 43.7 Å². The SMILES string of the molecule is CN1Cc2cc(C(=O)C3CCS(=O)(=O)C3)ccc2NC1=O. The van der Waals surface area contributed by atoms with Crippen LogP contribution in [-0.2, 0) is 16.4 Å². The molecule has 0 radical (unpaired) electrons. The van der Waals surface area contributed by atoms with Gasteiger partial charge < -0.3 is 10.2 Å². The van der Waals surface area contributed by atoms with Gasteiger partial charge in [0.25, 0.3) is 0 Å². The maximum Gasteiger partial charge on any atom is 0.321 e. The molecule has 1 fully saturated rings. The lowest BCUT2D eigenvalue weighted by Crippen LogP contribution is -2.35. The second kappa shape index (κ2) is 4.84. The second-order valence-corrected chi connectivity index (χ2v) is 7.85. The summed E-state index contributed by atoms with van der Waals surface area (Å²) < 4.78 is 23.0. The number of rotatable bonds is 2. The van der Waals surface area contributed by atoms with E-state index in [0.717, 1.165) is 5.56 Å². The van der Waals surface area contributed by atoms with Gasteiger partial charge in [0.1, 0.15) is 0 Å². The Morgan fingerprint density at radius 1 is 1.38 bits per heavy atom. The molecule has 1 aromatic rings. The molecule has 0 bridgehead atoms. The summed E-state index contributed by atoms with van der Waals surface area (Å²) >= 11 is 0. The molecule has 0 spiro atoms. The van der Waals surface area contributed by atoms with Crippen molar-refractivity contribution in [3.63, 3.8) is 0 Å². The van der Waals surface area contributed by atoms with E-state index in [9.17, 15) is 18.0 Å². The topological polar surface area (TPSA) is 83.6 Å². The zero-order chi connectivity index (χ0) is 15.2. The molecular formula is C14H16N2O4S. The van der Waals surface area contributed by atoms with Crippen molar-refractivity contribution in [2.45, 2.75) is 13.0 Å². The van der Waals surface area contributed by atoms with Crippen LogP contribution >= 0.6 is 0 Å². The number of nitrogens with one attached hydrogen (secondary N) is 1. The molecule has 1 aromatic carbocycles. The lowest BCUT2D eigenvalue weighted by Gasteiger charge is -2.26. The summed E-state index contributed by atoms with van der Waals surface area (Å²) in [7, 11) is -1.39. The van der Waals surface area contributed by atoms with Crippen molar-refractivity contribution in [2.75, 3.05) is 23.9 Å². The Hall–Kier alpha value is -1.89. The zero-order valence-corrected chi connectivity index (χ0v) is 12.4. The normalized spacial score (nSPS) is 23.6. The van der Waals surface area contributed by atoms with Gasteiger partial charge in [-0.25, -0.2) is 13.2 Å². The maximum absolute atomic E-state index is 12.4. The predicted octanol–water partition coefficient (Wildman–Crippen LogP) is 1.28. The Morgan fingerprint density at radius 3 is 2.81 bits per heavy atom. The van der Waals surface area contributed by atoms with E-state index >= 15 is 0 Å². The van der Waals surface area contributed by atoms with Crippen LogP contribution in [0.25, 0.3) is 0 Å². The highest BCUT2D eigenvalue weighted by Gasteiger charge is 2.33. The van der Waals surface area contributed by atoms with Crippen LogP contribution in [0.1, 0.15) is 22.3 Å². The van der Waals surface area contributed by atoms with E-state index in [0.29, 0.717) is 24.2 Å². The number of sulfone groups is 1. The Balaban J connectivity index is 1.86. The molecule has 1 atom stereocenters. The average Bonchev–Trinajstić information content (AvgIpc) is 2.79. The van der Waals surface area contributed by atoms with Gasteiger partial charge in [0.15, 0.2) is 15.6 Å². The first kappa shape index (κ1) is 14.1. The highest BCUT2D eigenvalue weighted by atomic mass is 32.2. The lowest BCUT2D eigenvalue weighted by molar-refractivity contribution is 0.0933. The van der Waals surface area contributed by atoms with Crippen molar-refractivity contribution in [2.24, 2.45) is 5.92 Å². The molecule has 2 aliphatic rings. The van der Waals surface area contributed by atoms with Gasteiger partial charge in [-0.05, 0) is 30.2 Å². The minimum absolute atomic E-state index is 0.0560. The number of hydrogen-bond acceptors (Lipinski definition) is 4. The van der Waals surface area contributed by atoms with Gasteiger partial charge in [0.05, 0.1) is 11.5 Å². The molecule has 1 N–H and O–H groups in total. The van der Waals surface area contributed by atoms with Gasteiger partial charge >= 0.3 is 6.03 Å². The second-order valence-electron chi connectivity index (χ2n) is 5.62. The number of anilines is 1. The fourth-order valence-corrected chi connectivity index (χ4v) is 4.52. The zero-order valence-electron chi connectivity index (χ0n) is 11.6. The first-order valence-electron chi connectivity index (χ1n) is 6.75. The van der Waals surface area contributed by atoms with E-state index in [1.807, 2.05) is 0 Å². The number of nitrogens with zero attached hydrogens (tertiary/aromatic N) is 1. The Kier molecular flexibility index (Phi) is 3.24. The smallest absolute Gasteiger partial charge is 0.321 e. The third-order valence-electron chi connectivity index (χ3n) is 3.99. The van der Waals surface area contributed by atoms with Gasteiger partial charge in [-0.3, -0.25) is 4.79 Å². The summed E-state index contributed by atoms with van der Waals surface area (Å²) in [6.07, 6.45) is 0.398. The number of hydrogen-bond donors (Lipinski definition) is 1. The first-order valence-corrected chi connectivity index (χ1v) is 8.57. The molecule has 1 unspecified atom stereocenters. The summed E-state index contributed by atoms with van der Waals surface area (Å²) in [4.78, 5) is 25.5. The molecule has 2 heterocycles. The average molecular weight is 308 g/mol. The van der Waals surface area contributed by atoms with Crippen LogP contribution in [0.2, 0.25) is 0 Å². The number of carbonyl (C=O) groups excluding carboxylic acids is 2. The highest BCUT2D eigenvalue weighted by Crippen LogP contribution is 2.27. The van der Waals surface area contributed by atoms with Crippen LogP contribution in [0.5, 0.6) is 0 Å². The Morgan fingerprint density at radius 2 is 2.14 bits per heavy atom. The van der Waals surface area contributed by atoms with Gasteiger partial charge in [0, 0.05) is 30.8 Å². The molecule has 0 aliphatic carbocycles. The molecule has 0 saturated carbocycles. The molecule has 7 heteroatoms. The third-order valence-corrected chi connectivity index (χ3v) is 5.76.